The highest BCUT2D eigenvalue weighted by Crippen LogP contribution is 2.22. The Labute approximate surface area is 115 Å². The van der Waals surface area contributed by atoms with E-state index in [4.69, 9.17) is 17.8 Å². The summed E-state index contributed by atoms with van der Waals surface area (Å²) in [5.74, 6) is -0.597. The number of ether oxygens (including phenoxy) is 2. The van der Waals surface area contributed by atoms with Gasteiger partial charge in [0.15, 0.2) is 5.79 Å². The Morgan fingerprint density at radius 1 is 1.32 bits per heavy atom. The number of hydrogen-bond donors (Lipinski definition) is 0. The van der Waals surface area contributed by atoms with E-state index in [0.717, 1.165) is 5.56 Å². The molecule has 1 fully saturated rings. The SMILES string of the molecule is CC1(C)OCC(COS(=O)OCc2ccccc2)O1. The zero-order chi connectivity index (χ0) is 13.7. The third-order valence-electron chi connectivity index (χ3n) is 2.58. The van der Waals surface area contributed by atoms with Crippen molar-refractivity contribution in [2.24, 2.45) is 0 Å². The predicted octanol–water partition coefficient (Wildman–Crippen LogP) is 1.95. The first-order valence-corrected chi connectivity index (χ1v) is 7.09. The predicted molar refractivity (Wildman–Crippen MR) is 70.2 cm³/mol. The molecule has 0 bridgehead atoms. The van der Waals surface area contributed by atoms with Crippen LogP contribution in [0.25, 0.3) is 0 Å². The largest absolute Gasteiger partial charge is 0.348 e. The highest BCUT2D eigenvalue weighted by molar-refractivity contribution is 7.75. The van der Waals surface area contributed by atoms with Crippen LogP contribution in [0.15, 0.2) is 30.3 Å². The maximum absolute atomic E-state index is 11.5. The molecular formula is C13H18O5S. The summed E-state index contributed by atoms with van der Waals surface area (Å²) < 4.78 is 32.6. The van der Waals surface area contributed by atoms with Crippen molar-refractivity contribution in [2.45, 2.75) is 32.3 Å². The van der Waals surface area contributed by atoms with Gasteiger partial charge in [0.2, 0.25) is 0 Å². The summed E-state index contributed by atoms with van der Waals surface area (Å²) in [5, 5.41) is 0. The topological polar surface area (TPSA) is 54.0 Å². The summed E-state index contributed by atoms with van der Waals surface area (Å²) in [4.78, 5) is 0. The van der Waals surface area contributed by atoms with Crippen LogP contribution in [0, 0.1) is 0 Å². The Bertz CT molecular complexity index is 420. The van der Waals surface area contributed by atoms with E-state index >= 15 is 0 Å². The molecule has 0 radical (unpaired) electrons. The van der Waals surface area contributed by atoms with Gasteiger partial charge in [-0.3, -0.25) is 8.37 Å². The second kappa shape index (κ2) is 6.58. The highest BCUT2D eigenvalue weighted by Gasteiger charge is 2.33. The molecular weight excluding hydrogens is 268 g/mol. The molecule has 1 aromatic carbocycles. The van der Waals surface area contributed by atoms with Crippen LogP contribution in [0.1, 0.15) is 19.4 Å². The molecule has 0 spiro atoms. The van der Waals surface area contributed by atoms with Gasteiger partial charge in [0, 0.05) is 0 Å². The maximum atomic E-state index is 11.5. The zero-order valence-corrected chi connectivity index (χ0v) is 11.9. The standard InChI is InChI=1S/C13H18O5S/c1-13(2)15-9-12(18-13)10-17-19(14)16-8-11-6-4-3-5-7-11/h3-7,12H,8-10H2,1-2H3. The van der Waals surface area contributed by atoms with Crippen molar-refractivity contribution in [3.63, 3.8) is 0 Å². The van der Waals surface area contributed by atoms with Gasteiger partial charge in [-0.1, -0.05) is 30.3 Å². The van der Waals surface area contributed by atoms with Crippen LogP contribution in [0.3, 0.4) is 0 Å². The van der Waals surface area contributed by atoms with Crippen molar-refractivity contribution in [2.75, 3.05) is 13.2 Å². The molecule has 2 rings (SSSR count). The number of rotatable bonds is 6. The molecule has 1 aliphatic heterocycles. The number of benzene rings is 1. The fourth-order valence-electron chi connectivity index (χ4n) is 1.70. The van der Waals surface area contributed by atoms with Crippen LogP contribution in [0.2, 0.25) is 0 Å². The summed E-state index contributed by atoms with van der Waals surface area (Å²) in [6.07, 6.45) is -0.209. The molecule has 5 nitrogen and oxygen atoms in total. The molecule has 0 amide bonds. The average Bonchev–Trinajstić information content (AvgIpc) is 2.75. The number of hydrogen-bond acceptors (Lipinski definition) is 5. The van der Waals surface area contributed by atoms with E-state index in [-0.39, 0.29) is 19.3 Å². The lowest BCUT2D eigenvalue weighted by Gasteiger charge is -2.16. The lowest BCUT2D eigenvalue weighted by molar-refractivity contribution is -0.141. The molecule has 6 heteroatoms. The average molecular weight is 286 g/mol. The van der Waals surface area contributed by atoms with E-state index < -0.39 is 17.1 Å². The molecule has 106 valence electrons. The molecule has 19 heavy (non-hydrogen) atoms. The molecule has 0 aromatic heterocycles. The Morgan fingerprint density at radius 3 is 2.68 bits per heavy atom. The molecule has 1 saturated heterocycles. The summed E-state index contributed by atoms with van der Waals surface area (Å²) in [7, 11) is 0. The smallest absolute Gasteiger partial charge is 0.305 e. The van der Waals surface area contributed by atoms with Crippen molar-refractivity contribution >= 4 is 11.4 Å². The molecule has 1 aliphatic rings. The van der Waals surface area contributed by atoms with Crippen molar-refractivity contribution < 1.29 is 22.0 Å². The third kappa shape index (κ3) is 5.00. The highest BCUT2D eigenvalue weighted by atomic mass is 32.2. The van der Waals surface area contributed by atoms with Crippen molar-refractivity contribution in [3.05, 3.63) is 35.9 Å². The van der Waals surface area contributed by atoms with Crippen LogP contribution < -0.4 is 0 Å². The van der Waals surface area contributed by atoms with Crippen LogP contribution in [-0.4, -0.2) is 29.3 Å². The molecule has 1 aromatic rings. The molecule has 2 unspecified atom stereocenters. The minimum Gasteiger partial charge on any atom is -0.348 e. The monoisotopic (exact) mass is 286 g/mol. The molecule has 1 heterocycles. The maximum Gasteiger partial charge on any atom is 0.305 e. The van der Waals surface area contributed by atoms with Gasteiger partial charge in [-0.05, 0) is 19.4 Å². The van der Waals surface area contributed by atoms with Crippen LogP contribution in [0.4, 0.5) is 0 Å². The Balaban J connectivity index is 1.65. The van der Waals surface area contributed by atoms with Crippen LogP contribution >= 0.6 is 0 Å². The molecule has 0 aliphatic carbocycles. The van der Waals surface area contributed by atoms with Gasteiger partial charge < -0.3 is 9.47 Å². The normalized spacial score (nSPS) is 23.4. The van der Waals surface area contributed by atoms with E-state index in [1.807, 2.05) is 44.2 Å². The van der Waals surface area contributed by atoms with E-state index in [1.54, 1.807) is 0 Å². The van der Waals surface area contributed by atoms with Gasteiger partial charge in [0.25, 0.3) is 0 Å². The Kier molecular flexibility index (Phi) is 5.06. The van der Waals surface area contributed by atoms with Gasteiger partial charge in [0.1, 0.15) is 6.10 Å². The lowest BCUT2D eigenvalue weighted by Crippen LogP contribution is -2.24. The van der Waals surface area contributed by atoms with Gasteiger partial charge in [-0.2, -0.15) is 4.21 Å². The Hall–Kier alpha value is -0.790. The second-order valence-electron chi connectivity index (χ2n) is 4.69. The molecule has 0 saturated carbocycles. The zero-order valence-electron chi connectivity index (χ0n) is 11.0. The summed E-state index contributed by atoms with van der Waals surface area (Å²) in [5.41, 5.74) is 0.945. The van der Waals surface area contributed by atoms with E-state index in [9.17, 15) is 4.21 Å². The van der Waals surface area contributed by atoms with Crippen molar-refractivity contribution in [1.82, 2.24) is 0 Å². The molecule has 2 atom stereocenters. The molecule has 0 N–H and O–H groups in total. The van der Waals surface area contributed by atoms with Crippen molar-refractivity contribution in [3.8, 4) is 0 Å². The van der Waals surface area contributed by atoms with Gasteiger partial charge in [0.05, 0.1) is 19.8 Å². The lowest BCUT2D eigenvalue weighted by atomic mass is 10.2. The van der Waals surface area contributed by atoms with E-state index in [1.165, 1.54) is 0 Å². The summed E-state index contributed by atoms with van der Waals surface area (Å²) in [6.45, 7) is 4.53. The Morgan fingerprint density at radius 2 is 2.05 bits per heavy atom. The van der Waals surface area contributed by atoms with Crippen LogP contribution in [0.5, 0.6) is 0 Å². The van der Waals surface area contributed by atoms with E-state index in [2.05, 4.69) is 0 Å². The fraction of sp³-hybridized carbons (Fsp3) is 0.538. The fourth-order valence-corrected chi connectivity index (χ4v) is 2.26. The van der Waals surface area contributed by atoms with Gasteiger partial charge in [-0.25, -0.2) is 0 Å². The quantitative estimate of drug-likeness (QED) is 0.800. The minimum atomic E-state index is -1.78. The van der Waals surface area contributed by atoms with Gasteiger partial charge in [-0.15, -0.1) is 0 Å². The van der Waals surface area contributed by atoms with Gasteiger partial charge >= 0.3 is 11.4 Å². The summed E-state index contributed by atoms with van der Waals surface area (Å²) >= 11 is -1.78. The first-order chi connectivity index (χ1) is 9.05. The van der Waals surface area contributed by atoms with E-state index in [0.29, 0.717) is 6.61 Å². The first-order valence-electron chi connectivity index (χ1n) is 6.09. The first kappa shape index (κ1) is 14.6. The summed E-state index contributed by atoms with van der Waals surface area (Å²) in [6, 6.07) is 9.50. The van der Waals surface area contributed by atoms with Crippen molar-refractivity contribution in [1.29, 1.82) is 0 Å². The van der Waals surface area contributed by atoms with Crippen LogP contribution in [-0.2, 0) is 35.8 Å². The minimum absolute atomic E-state index is 0.185. The second-order valence-corrected chi connectivity index (χ2v) is 5.57. The third-order valence-corrected chi connectivity index (χ3v) is 3.22.